The molecule has 0 aliphatic carbocycles. The van der Waals surface area contributed by atoms with Crippen LogP contribution in [-0.2, 0) is 26.2 Å². The van der Waals surface area contributed by atoms with Crippen LogP contribution >= 0.6 is 23.2 Å². The van der Waals surface area contributed by atoms with Crippen LogP contribution in [0.2, 0.25) is 10.0 Å². The van der Waals surface area contributed by atoms with Crippen molar-refractivity contribution in [2.45, 2.75) is 39.3 Å². The first-order chi connectivity index (χ1) is 16.5. The number of methoxy groups -OCH3 is 1. The van der Waals surface area contributed by atoms with Gasteiger partial charge in [0.15, 0.2) is 0 Å². The maximum Gasteiger partial charge on any atom is 0.244 e. The third-order valence-electron chi connectivity index (χ3n) is 5.30. The molecule has 0 aliphatic heterocycles. The van der Waals surface area contributed by atoms with Gasteiger partial charge in [-0.25, -0.2) is 8.42 Å². The SMILES string of the molecule is CCCCNC(=O)[C@H](C)N(Cc1cccc(OC)c1)C(=O)CN(c1cc(Cl)cc(Cl)c1)S(C)(=O)=O. The lowest BCUT2D eigenvalue weighted by molar-refractivity contribution is -0.139. The Hall–Kier alpha value is -2.49. The molecule has 2 amide bonds. The highest BCUT2D eigenvalue weighted by Gasteiger charge is 2.30. The number of rotatable bonds is 12. The second-order valence-electron chi connectivity index (χ2n) is 8.09. The quantitative estimate of drug-likeness (QED) is 0.406. The molecule has 8 nitrogen and oxygen atoms in total. The number of hydrogen-bond acceptors (Lipinski definition) is 5. The predicted molar refractivity (Wildman–Crippen MR) is 140 cm³/mol. The Bertz CT molecular complexity index is 1120. The van der Waals surface area contributed by atoms with E-state index in [1.807, 2.05) is 6.92 Å². The molecule has 1 atom stereocenters. The minimum Gasteiger partial charge on any atom is -0.497 e. The summed E-state index contributed by atoms with van der Waals surface area (Å²) in [4.78, 5) is 27.7. The van der Waals surface area contributed by atoms with Crippen molar-refractivity contribution in [1.82, 2.24) is 10.2 Å². The number of halogens is 2. The van der Waals surface area contributed by atoms with E-state index in [0.717, 1.165) is 29.0 Å². The number of carbonyl (C=O) groups is 2. The van der Waals surface area contributed by atoms with Crippen LogP contribution in [0.25, 0.3) is 0 Å². The van der Waals surface area contributed by atoms with E-state index < -0.39 is 28.5 Å². The second-order valence-corrected chi connectivity index (χ2v) is 10.9. The van der Waals surface area contributed by atoms with Crippen LogP contribution in [-0.4, -0.2) is 57.6 Å². The Labute approximate surface area is 217 Å². The van der Waals surface area contributed by atoms with Gasteiger partial charge in [-0.2, -0.15) is 0 Å². The fourth-order valence-corrected chi connectivity index (χ4v) is 4.73. The molecule has 192 valence electrons. The summed E-state index contributed by atoms with van der Waals surface area (Å²) in [6, 6.07) is 10.5. The van der Waals surface area contributed by atoms with E-state index in [1.54, 1.807) is 31.2 Å². The number of unbranched alkanes of at least 4 members (excludes halogenated alkanes) is 1. The van der Waals surface area contributed by atoms with Gasteiger partial charge in [-0.3, -0.25) is 13.9 Å². The average molecular weight is 545 g/mol. The number of sulfonamides is 1. The summed E-state index contributed by atoms with van der Waals surface area (Å²) in [7, 11) is -2.35. The minimum atomic E-state index is -3.88. The van der Waals surface area contributed by atoms with Gasteiger partial charge < -0.3 is 15.0 Å². The van der Waals surface area contributed by atoms with Crippen LogP contribution < -0.4 is 14.4 Å². The molecule has 35 heavy (non-hydrogen) atoms. The average Bonchev–Trinajstić information content (AvgIpc) is 2.79. The number of hydrogen-bond donors (Lipinski definition) is 1. The lowest BCUT2D eigenvalue weighted by Gasteiger charge is -2.31. The fraction of sp³-hybridized carbons (Fsp3) is 0.417. The first-order valence-electron chi connectivity index (χ1n) is 11.1. The smallest absolute Gasteiger partial charge is 0.244 e. The van der Waals surface area contributed by atoms with Gasteiger partial charge in [-0.15, -0.1) is 0 Å². The van der Waals surface area contributed by atoms with Crippen LogP contribution in [0.15, 0.2) is 42.5 Å². The number of ether oxygens (including phenoxy) is 1. The van der Waals surface area contributed by atoms with Crippen molar-refractivity contribution in [3.63, 3.8) is 0 Å². The molecular weight excluding hydrogens is 513 g/mol. The molecular formula is C24H31Cl2N3O5S. The van der Waals surface area contributed by atoms with Crippen LogP contribution in [0.5, 0.6) is 5.75 Å². The molecule has 0 fully saturated rings. The predicted octanol–water partition coefficient (Wildman–Crippen LogP) is 4.10. The van der Waals surface area contributed by atoms with Crippen LogP contribution in [0.3, 0.4) is 0 Å². The van der Waals surface area contributed by atoms with Crippen molar-refractivity contribution in [1.29, 1.82) is 0 Å². The van der Waals surface area contributed by atoms with Gasteiger partial charge in [0, 0.05) is 23.1 Å². The number of nitrogens with zero attached hydrogens (tertiary/aromatic N) is 2. The Balaban J connectivity index is 2.39. The van der Waals surface area contributed by atoms with E-state index in [2.05, 4.69) is 5.32 Å². The molecule has 2 aromatic rings. The summed E-state index contributed by atoms with van der Waals surface area (Å²) in [5.74, 6) is -0.292. The largest absolute Gasteiger partial charge is 0.497 e. The second kappa shape index (κ2) is 13.0. The number of carbonyl (C=O) groups excluding carboxylic acids is 2. The van der Waals surface area contributed by atoms with E-state index in [9.17, 15) is 18.0 Å². The fourth-order valence-electron chi connectivity index (χ4n) is 3.38. The van der Waals surface area contributed by atoms with Crippen molar-refractivity contribution in [2.24, 2.45) is 0 Å². The van der Waals surface area contributed by atoms with Gasteiger partial charge in [0.2, 0.25) is 21.8 Å². The molecule has 2 rings (SSSR count). The minimum absolute atomic E-state index is 0.0757. The molecule has 0 radical (unpaired) electrons. The third-order valence-corrected chi connectivity index (χ3v) is 6.88. The van der Waals surface area contributed by atoms with Crippen molar-refractivity contribution in [3.05, 3.63) is 58.1 Å². The number of anilines is 1. The van der Waals surface area contributed by atoms with Crippen molar-refractivity contribution in [2.75, 3.05) is 30.8 Å². The van der Waals surface area contributed by atoms with E-state index in [-0.39, 0.29) is 28.2 Å². The zero-order valence-electron chi connectivity index (χ0n) is 20.3. The summed E-state index contributed by atoms with van der Waals surface area (Å²) in [6.07, 6.45) is 2.70. The third kappa shape index (κ3) is 8.59. The molecule has 1 N–H and O–H groups in total. The number of nitrogens with one attached hydrogen (secondary N) is 1. The standard InChI is InChI=1S/C24H31Cl2N3O5S/c1-5-6-10-27-24(31)17(2)28(15-18-8-7-9-22(11-18)34-3)23(30)16-29(35(4,32)33)21-13-19(25)12-20(26)14-21/h7-9,11-14,17H,5-6,10,15-16H2,1-4H3,(H,27,31)/t17-/m0/s1. The summed E-state index contributed by atoms with van der Waals surface area (Å²) in [5, 5.41) is 3.29. The topological polar surface area (TPSA) is 96.0 Å². The van der Waals surface area contributed by atoms with Gasteiger partial charge >= 0.3 is 0 Å². The maximum atomic E-state index is 13.5. The summed E-state index contributed by atoms with van der Waals surface area (Å²) >= 11 is 12.1. The molecule has 0 heterocycles. The van der Waals surface area contributed by atoms with E-state index in [1.165, 1.54) is 30.2 Å². The summed E-state index contributed by atoms with van der Waals surface area (Å²) in [5.41, 5.74) is 0.877. The van der Waals surface area contributed by atoms with Gasteiger partial charge in [0.25, 0.3) is 0 Å². The normalized spacial score (nSPS) is 12.1. The molecule has 11 heteroatoms. The summed E-state index contributed by atoms with van der Waals surface area (Å²) in [6.45, 7) is 3.64. The van der Waals surface area contributed by atoms with E-state index in [0.29, 0.717) is 12.3 Å². The highest BCUT2D eigenvalue weighted by Crippen LogP contribution is 2.27. The molecule has 0 aliphatic rings. The lowest BCUT2D eigenvalue weighted by Crippen LogP contribution is -2.51. The van der Waals surface area contributed by atoms with Crippen molar-refractivity contribution >= 4 is 50.7 Å². The lowest BCUT2D eigenvalue weighted by atomic mass is 10.1. The van der Waals surface area contributed by atoms with E-state index >= 15 is 0 Å². The summed E-state index contributed by atoms with van der Waals surface area (Å²) < 4.78 is 31.4. The van der Waals surface area contributed by atoms with Gasteiger partial charge in [-0.05, 0) is 49.2 Å². The molecule has 0 bridgehead atoms. The van der Waals surface area contributed by atoms with Gasteiger partial charge in [0.05, 0.1) is 19.1 Å². The van der Waals surface area contributed by atoms with Crippen molar-refractivity contribution in [3.8, 4) is 5.75 Å². The highest BCUT2D eigenvalue weighted by molar-refractivity contribution is 7.92. The Kier molecular flexibility index (Phi) is 10.7. The van der Waals surface area contributed by atoms with Crippen LogP contribution in [0, 0.1) is 0 Å². The Morgan fingerprint density at radius 2 is 1.77 bits per heavy atom. The first kappa shape index (κ1) is 28.7. The Morgan fingerprint density at radius 3 is 2.34 bits per heavy atom. The van der Waals surface area contributed by atoms with E-state index in [4.69, 9.17) is 27.9 Å². The van der Waals surface area contributed by atoms with Crippen LogP contribution in [0.1, 0.15) is 32.3 Å². The molecule has 0 saturated heterocycles. The zero-order chi connectivity index (χ0) is 26.2. The first-order valence-corrected chi connectivity index (χ1v) is 13.7. The maximum absolute atomic E-state index is 13.5. The zero-order valence-corrected chi connectivity index (χ0v) is 22.6. The highest BCUT2D eigenvalue weighted by atomic mass is 35.5. The molecule has 2 aromatic carbocycles. The number of amides is 2. The molecule has 0 unspecified atom stereocenters. The molecule has 0 saturated carbocycles. The monoisotopic (exact) mass is 543 g/mol. The van der Waals surface area contributed by atoms with Crippen LogP contribution in [0.4, 0.5) is 5.69 Å². The molecule has 0 spiro atoms. The van der Waals surface area contributed by atoms with Gasteiger partial charge in [0.1, 0.15) is 18.3 Å². The van der Waals surface area contributed by atoms with Crippen molar-refractivity contribution < 1.29 is 22.7 Å². The number of benzene rings is 2. The van der Waals surface area contributed by atoms with Gasteiger partial charge in [-0.1, -0.05) is 48.7 Å². The molecule has 0 aromatic heterocycles. The Morgan fingerprint density at radius 1 is 1.11 bits per heavy atom.